The lowest BCUT2D eigenvalue weighted by molar-refractivity contribution is -0.109. The smallest absolute Gasteiger partial charge is 0.206 e. The summed E-state index contributed by atoms with van der Waals surface area (Å²) < 4.78 is 11.0. The lowest BCUT2D eigenvalue weighted by atomic mass is 10.1. The van der Waals surface area contributed by atoms with Crippen molar-refractivity contribution in [3.05, 3.63) is 60.2 Å². The zero-order valence-corrected chi connectivity index (χ0v) is 17.2. The van der Waals surface area contributed by atoms with Crippen LogP contribution in [0.1, 0.15) is 19.4 Å². The molecule has 2 aromatic carbocycles. The average molecular weight is 389 g/mol. The van der Waals surface area contributed by atoms with Gasteiger partial charge in [0.2, 0.25) is 6.41 Å². The Balaban J connectivity index is 0.000000892. The van der Waals surface area contributed by atoms with Crippen LogP contribution in [0.3, 0.4) is 0 Å². The molecule has 0 aliphatic carbocycles. The summed E-state index contributed by atoms with van der Waals surface area (Å²) in [5.74, 6) is 1.33. The maximum atomic E-state index is 10.4. The van der Waals surface area contributed by atoms with Crippen LogP contribution in [0.15, 0.2) is 54.6 Å². The molecule has 6 nitrogen and oxygen atoms in total. The molecule has 0 heterocycles. The van der Waals surface area contributed by atoms with Gasteiger partial charge in [-0.25, -0.2) is 0 Å². The quantitative estimate of drug-likeness (QED) is 0.613. The number of methoxy groups -OCH3 is 1. The third-order valence-electron chi connectivity index (χ3n) is 4.02. The summed E-state index contributed by atoms with van der Waals surface area (Å²) in [6.07, 6.45) is 0.0565. The van der Waals surface area contributed by atoms with Crippen LogP contribution >= 0.6 is 0 Å². The molecule has 0 aromatic heterocycles. The molecule has 1 unspecified atom stereocenters. The van der Waals surface area contributed by atoms with Crippen LogP contribution in [-0.4, -0.2) is 55.9 Å². The highest BCUT2D eigenvalue weighted by atomic mass is 16.5. The molecule has 2 aromatic rings. The summed E-state index contributed by atoms with van der Waals surface area (Å²) >= 11 is 0. The van der Waals surface area contributed by atoms with Crippen molar-refractivity contribution in [1.82, 2.24) is 10.2 Å². The Morgan fingerprint density at radius 1 is 1.07 bits per heavy atom. The van der Waals surface area contributed by atoms with Gasteiger partial charge in [0.05, 0.1) is 7.11 Å². The second-order valence-electron chi connectivity index (χ2n) is 6.53. The monoisotopic (exact) mass is 388 g/mol. The lowest BCUT2D eigenvalue weighted by Crippen LogP contribution is -2.39. The normalized spacial score (nSPS) is 11.4. The van der Waals surface area contributed by atoms with Crippen LogP contribution in [0.4, 0.5) is 0 Å². The topological polar surface area (TPSA) is 71.0 Å². The molecule has 0 aliphatic rings. The van der Waals surface area contributed by atoms with E-state index in [0.29, 0.717) is 30.5 Å². The molecule has 0 fully saturated rings. The van der Waals surface area contributed by atoms with Gasteiger partial charge in [0.25, 0.3) is 0 Å². The molecule has 0 saturated heterocycles. The highest BCUT2D eigenvalue weighted by Crippen LogP contribution is 2.25. The number of aliphatic hydroxyl groups excluding tert-OH is 1. The van der Waals surface area contributed by atoms with Crippen molar-refractivity contribution in [3.63, 3.8) is 0 Å². The first-order chi connectivity index (χ1) is 13.5. The van der Waals surface area contributed by atoms with Gasteiger partial charge in [0, 0.05) is 26.2 Å². The van der Waals surface area contributed by atoms with Gasteiger partial charge in [-0.15, -0.1) is 0 Å². The fourth-order valence-corrected chi connectivity index (χ4v) is 2.52. The maximum absolute atomic E-state index is 10.4. The van der Waals surface area contributed by atoms with Crippen LogP contribution in [-0.2, 0) is 11.3 Å². The van der Waals surface area contributed by atoms with Crippen LogP contribution in [0.5, 0.6) is 11.5 Å². The Labute approximate surface area is 168 Å². The Bertz CT molecular complexity index is 665. The molecule has 1 atom stereocenters. The molecule has 0 aliphatic heterocycles. The van der Waals surface area contributed by atoms with Gasteiger partial charge >= 0.3 is 0 Å². The minimum absolute atomic E-state index is 0.235. The molecule has 0 bridgehead atoms. The number of rotatable bonds is 10. The van der Waals surface area contributed by atoms with E-state index in [1.807, 2.05) is 42.5 Å². The van der Waals surface area contributed by atoms with Gasteiger partial charge in [0.1, 0.15) is 12.7 Å². The highest BCUT2D eigenvalue weighted by Gasteiger charge is 2.16. The lowest BCUT2D eigenvalue weighted by Gasteiger charge is -2.29. The molecule has 1 amide bonds. The van der Waals surface area contributed by atoms with E-state index < -0.39 is 6.10 Å². The van der Waals surface area contributed by atoms with E-state index in [9.17, 15) is 5.11 Å². The summed E-state index contributed by atoms with van der Waals surface area (Å²) in [6.45, 7) is 5.87. The second-order valence-corrected chi connectivity index (χ2v) is 6.53. The van der Waals surface area contributed by atoms with Crippen molar-refractivity contribution in [2.24, 2.45) is 0 Å². The third kappa shape index (κ3) is 8.88. The summed E-state index contributed by atoms with van der Waals surface area (Å²) in [6, 6.07) is 18.1. The number of carbonyl (C=O) groups excluding carboxylic acids is 1. The number of carbonyl (C=O) groups is 1. The minimum Gasteiger partial charge on any atom is -0.493 e. The predicted octanol–water partition coefficient (Wildman–Crippen LogP) is 2.71. The number of ether oxygens (including phenoxy) is 2. The van der Waals surface area contributed by atoms with Crippen molar-refractivity contribution >= 4 is 6.41 Å². The minimum atomic E-state index is -0.568. The number of amides is 1. The molecule has 2 rings (SSSR count). The average Bonchev–Trinajstić information content (AvgIpc) is 2.72. The molecule has 2 N–H and O–H groups in total. The zero-order chi connectivity index (χ0) is 20.8. The number of nitrogens with one attached hydrogen (secondary N) is 1. The summed E-state index contributed by atoms with van der Waals surface area (Å²) in [5.41, 5.74) is 1.24. The first-order valence-electron chi connectivity index (χ1n) is 9.34. The maximum Gasteiger partial charge on any atom is 0.206 e. The summed E-state index contributed by atoms with van der Waals surface area (Å²) in [5, 5.41) is 12.6. The Kier molecular flexibility index (Phi) is 11.4. The number of hydrogen-bond donors (Lipinski definition) is 2. The van der Waals surface area contributed by atoms with E-state index in [-0.39, 0.29) is 6.61 Å². The first-order valence-corrected chi connectivity index (χ1v) is 9.34. The van der Waals surface area contributed by atoms with Crippen molar-refractivity contribution < 1.29 is 19.4 Å². The van der Waals surface area contributed by atoms with Gasteiger partial charge in [-0.3, -0.25) is 9.69 Å². The van der Waals surface area contributed by atoms with E-state index in [2.05, 4.69) is 36.2 Å². The van der Waals surface area contributed by atoms with Gasteiger partial charge in [-0.1, -0.05) is 42.5 Å². The Morgan fingerprint density at radius 2 is 1.64 bits per heavy atom. The molecule has 0 spiro atoms. The van der Waals surface area contributed by atoms with Crippen molar-refractivity contribution in [3.8, 4) is 11.5 Å². The summed E-state index contributed by atoms with van der Waals surface area (Å²) in [7, 11) is 3.17. The largest absolute Gasteiger partial charge is 0.493 e. The predicted molar refractivity (Wildman–Crippen MR) is 112 cm³/mol. The van der Waals surface area contributed by atoms with E-state index in [4.69, 9.17) is 14.3 Å². The van der Waals surface area contributed by atoms with E-state index in [1.54, 1.807) is 14.2 Å². The SMILES string of the molecule is CNC=O.COc1ccccc1OCC(O)CN(Cc1ccccc1)C(C)C. The molecule has 154 valence electrons. The van der Waals surface area contributed by atoms with Crippen LogP contribution < -0.4 is 14.8 Å². The van der Waals surface area contributed by atoms with Gasteiger partial charge < -0.3 is 19.9 Å². The highest BCUT2D eigenvalue weighted by molar-refractivity contribution is 5.44. The number of hydrogen-bond acceptors (Lipinski definition) is 5. The van der Waals surface area contributed by atoms with Crippen molar-refractivity contribution in [1.29, 1.82) is 0 Å². The fraction of sp³-hybridized carbons (Fsp3) is 0.409. The second kappa shape index (κ2) is 13.6. The van der Waals surface area contributed by atoms with Gasteiger partial charge in [0.15, 0.2) is 11.5 Å². The van der Waals surface area contributed by atoms with E-state index >= 15 is 0 Å². The zero-order valence-electron chi connectivity index (χ0n) is 17.2. The standard InChI is InChI=1S/C20H27NO3.C2H5NO/c1-16(2)21(13-17-9-5-4-6-10-17)14-18(22)15-24-20-12-8-7-11-19(20)23-3;1-3-2-4/h4-12,16,18,22H,13-15H2,1-3H3;2H,1H3,(H,3,4). The molecule has 0 saturated carbocycles. The third-order valence-corrected chi connectivity index (χ3v) is 4.02. The van der Waals surface area contributed by atoms with Gasteiger partial charge in [-0.2, -0.15) is 0 Å². The van der Waals surface area contributed by atoms with Crippen LogP contribution in [0.25, 0.3) is 0 Å². The van der Waals surface area contributed by atoms with E-state index in [0.717, 1.165) is 6.54 Å². The molecular formula is C22H32N2O4. The van der Waals surface area contributed by atoms with Crippen LogP contribution in [0.2, 0.25) is 0 Å². The summed E-state index contributed by atoms with van der Waals surface area (Å²) in [4.78, 5) is 11.3. The molecule has 6 heteroatoms. The molecular weight excluding hydrogens is 356 g/mol. The molecule has 0 radical (unpaired) electrons. The van der Waals surface area contributed by atoms with E-state index in [1.165, 1.54) is 5.56 Å². The number of para-hydroxylation sites is 2. The number of benzene rings is 2. The Morgan fingerprint density at radius 3 is 2.18 bits per heavy atom. The number of aliphatic hydroxyl groups is 1. The van der Waals surface area contributed by atoms with Crippen molar-refractivity contribution in [2.75, 3.05) is 27.3 Å². The van der Waals surface area contributed by atoms with Crippen LogP contribution in [0, 0.1) is 0 Å². The number of nitrogens with zero attached hydrogens (tertiary/aromatic N) is 1. The van der Waals surface area contributed by atoms with Crippen molar-refractivity contribution in [2.45, 2.75) is 32.5 Å². The van der Waals surface area contributed by atoms with Gasteiger partial charge in [-0.05, 0) is 31.5 Å². The molecule has 28 heavy (non-hydrogen) atoms. The Hall–Kier alpha value is -2.57. The fourth-order valence-electron chi connectivity index (χ4n) is 2.52. The first kappa shape index (κ1) is 23.5.